The van der Waals surface area contributed by atoms with E-state index in [9.17, 15) is 4.79 Å². The summed E-state index contributed by atoms with van der Waals surface area (Å²) < 4.78 is 0. The number of H-pyrrole nitrogens is 1. The summed E-state index contributed by atoms with van der Waals surface area (Å²) in [6.45, 7) is 2.09. The van der Waals surface area contributed by atoms with Crippen molar-refractivity contribution < 1.29 is 9.90 Å². The highest BCUT2D eigenvalue weighted by Crippen LogP contribution is 2.16. The number of amides is 1. The van der Waals surface area contributed by atoms with Crippen molar-refractivity contribution in [2.45, 2.75) is 32.2 Å². The molecule has 0 fully saturated rings. The summed E-state index contributed by atoms with van der Waals surface area (Å²) in [5.41, 5.74) is 1.74. The van der Waals surface area contributed by atoms with Crippen LogP contribution in [0.4, 0.5) is 0 Å². The molecule has 0 aliphatic rings. The SMILES string of the molecule is CCC(CCO)NC(=O)Cc1c[nH]c2ncccc12. The molecule has 19 heavy (non-hydrogen) atoms. The summed E-state index contributed by atoms with van der Waals surface area (Å²) in [6, 6.07) is 3.85. The van der Waals surface area contributed by atoms with Crippen LogP contribution in [0.5, 0.6) is 0 Å². The van der Waals surface area contributed by atoms with Crippen molar-refractivity contribution in [3.05, 3.63) is 30.1 Å². The van der Waals surface area contributed by atoms with E-state index in [1.54, 1.807) is 6.20 Å². The van der Waals surface area contributed by atoms with Crippen LogP contribution < -0.4 is 5.32 Å². The van der Waals surface area contributed by atoms with E-state index < -0.39 is 0 Å². The summed E-state index contributed by atoms with van der Waals surface area (Å²) in [5, 5.41) is 12.8. The smallest absolute Gasteiger partial charge is 0.224 e. The third kappa shape index (κ3) is 3.32. The third-order valence-corrected chi connectivity index (χ3v) is 3.22. The van der Waals surface area contributed by atoms with Gasteiger partial charge in [-0.05, 0) is 30.5 Å². The molecule has 1 amide bonds. The zero-order valence-electron chi connectivity index (χ0n) is 11.0. The summed E-state index contributed by atoms with van der Waals surface area (Å²) in [4.78, 5) is 19.2. The summed E-state index contributed by atoms with van der Waals surface area (Å²) in [7, 11) is 0. The largest absolute Gasteiger partial charge is 0.396 e. The number of pyridine rings is 1. The Morgan fingerprint density at radius 1 is 1.58 bits per heavy atom. The van der Waals surface area contributed by atoms with Crippen molar-refractivity contribution >= 4 is 16.9 Å². The van der Waals surface area contributed by atoms with Crippen molar-refractivity contribution in [1.29, 1.82) is 0 Å². The van der Waals surface area contributed by atoms with Crippen LogP contribution in [0.15, 0.2) is 24.5 Å². The Labute approximate surface area is 112 Å². The molecular formula is C14H19N3O2. The van der Waals surface area contributed by atoms with Gasteiger partial charge in [0.05, 0.1) is 6.42 Å². The lowest BCUT2D eigenvalue weighted by molar-refractivity contribution is -0.121. The number of aromatic nitrogens is 2. The highest BCUT2D eigenvalue weighted by Gasteiger charge is 2.12. The second kappa shape index (κ2) is 6.33. The molecule has 2 aromatic rings. The van der Waals surface area contributed by atoms with Gasteiger partial charge in [-0.25, -0.2) is 4.98 Å². The van der Waals surface area contributed by atoms with Gasteiger partial charge in [-0.2, -0.15) is 0 Å². The van der Waals surface area contributed by atoms with E-state index in [-0.39, 0.29) is 18.6 Å². The van der Waals surface area contributed by atoms with Gasteiger partial charge in [-0.3, -0.25) is 4.79 Å². The molecule has 0 bridgehead atoms. The first-order valence-electron chi connectivity index (χ1n) is 6.55. The molecule has 0 aromatic carbocycles. The number of nitrogens with zero attached hydrogens (tertiary/aromatic N) is 1. The second-order valence-electron chi connectivity index (χ2n) is 4.58. The van der Waals surface area contributed by atoms with E-state index in [0.29, 0.717) is 12.8 Å². The lowest BCUT2D eigenvalue weighted by Crippen LogP contribution is -2.36. The maximum Gasteiger partial charge on any atom is 0.224 e. The monoisotopic (exact) mass is 261 g/mol. The molecule has 1 atom stereocenters. The van der Waals surface area contributed by atoms with E-state index in [1.807, 2.05) is 25.3 Å². The molecule has 102 valence electrons. The Bertz CT molecular complexity index is 550. The topological polar surface area (TPSA) is 78.0 Å². The van der Waals surface area contributed by atoms with Gasteiger partial charge < -0.3 is 15.4 Å². The van der Waals surface area contributed by atoms with E-state index in [4.69, 9.17) is 5.11 Å². The van der Waals surface area contributed by atoms with Gasteiger partial charge >= 0.3 is 0 Å². The van der Waals surface area contributed by atoms with Gasteiger partial charge in [0, 0.05) is 30.4 Å². The number of aromatic amines is 1. The molecule has 0 saturated carbocycles. The molecule has 3 N–H and O–H groups in total. The van der Waals surface area contributed by atoms with Crippen LogP contribution in [0, 0.1) is 0 Å². The Hall–Kier alpha value is -1.88. The summed E-state index contributed by atoms with van der Waals surface area (Å²) >= 11 is 0. The van der Waals surface area contributed by atoms with Gasteiger partial charge in [0.2, 0.25) is 5.91 Å². The van der Waals surface area contributed by atoms with Gasteiger partial charge in [0.1, 0.15) is 5.65 Å². The van der Waals surface area contributed by atoms with Crippen LogP contribution >= 0.6 is 0 Å². The average molecular weight is 261 g/mol. The minimum absolute atomic E-state index is 0.0231. The number of aliphatic hydroxyl groups is 1. The van der Waals surface area contributed by atoms with Gasteiger partial charge in [0.25, 0.3) is 0 Å². The number of carbonyl (C=O) groups excluding carboxylic acids is 1. The fourth-order valence-electron chi connectivity index (χ4n) is 2.14. The van der Waals surface area contributed by atoms with Crippen LogP contribution in [0.1, 0.15) is 25.3 Å². The Kier molecular flexibility index (Phi) is 4.52. The van der Waals surface area contributed by atoms with E-state index in [0.717, 1.165) is 23.0 Å². The molecule has 0 aliphatic heterocycles. The molecule has 2 aromatic heterocycles. The van der Waals surface area contributed by atoms with E-state index in [1.165, 1.54) is 0 Å². The minimum Gasteiger partial charge on any atom is -0.396 e. The lowest BCUT2D eigenvalue weighted by atomic mass is 10.1. The number of carbonyl (C=O) groups is 1. The van der Waals surface area contributed by atoms with Crippen LogP contribution in [0.25, 0.3) is 11.0 Å². The fourth-order valence-corrected chi connectivity index (χ4v) is 2.14. The van der Waals surface area contributed by atoms with Crippen molar-refractivity contribution in [1.82, 2.24) is 15.3 Å². The van der Waals surface area contributed by atoms with Crippen LogP contribution in [-0.4, -0.2) is 33.6 Å². The molecule has 0 spiro atoms. The average Bonchev–Trinajstić information content (AvgIpc) is 2.82. The number of hydrogen-bond donors (Lipinski definition) is 3. The Morgan fingerprint density at radius 3 is 3.16 bits per heavy atom. The molecule has 0 radical (unpaired) electrons. The fraction of sp³-hybridized carbons (Fsp3) is 0.429. The number of fused-ring (bicyclic) bond motifs is 1. The highest BCUT2D eigenvalue weighted by molar-refractivity contribution is 5.87. The number of rotatable bonds is 6. The standard InChI is InChI=1S/C14H19N3O2/c1-2-11(5-7-18)17-13(19)8-10-9-16-14-12(10)4-3-6-15-14/h3-4,6,9,11,18H,2,5,7-8H2,1H3,(H,15,16)(H,17,19). The first-order chi connectivity index (χ1) is 9.24. The zero-order valence-corrected chi connectivity index (χ0v) is 11.0. The maximum atomic E-state index is 12.0. The second-order valence-corrected chi connectivity index (χ2v) is 4.58. The summed E-state index contributed by atoms with van der Waals surface area (Å²) in [6.07, 6.45) is 5.29. The lowest BCUT2D eigenvalue weighted by Gasteiger charge is -2.15. The normalized spacial score (nSPS) is 12.5. The van der Waals surface area contributed by atoms with E-state index >= 15 is 0 Å². The van der Waals surface area contributed by atoms with Crippen molar-refractivity contribution in [3.8, 4) is 0 Å². The predicted octanol–water partition coefficient (Wildman–Crippen LogP) is 1.38. The summed E-state index contributed by atoms with van der Waals surface area (Å²) in [5.74, 6) is -0.0231. The number of aliphatic hydroxyl groups excluding tert-OH is 1. The van der Waals surface area contributed by atoms with Gasteiger partial charge in [0.15, 0.2) is 0 Å². The van der Waals surface area contributed by atoms with Gasteiger partial charge in [-0.1, -0.05) is 6.92 Å². The van der Waals surface area contributed by atoms with Crippen LogP contribution in [-0.2, 0) is 11.2 Å². The molecule has 0 saturated heterocycles. The molecule has 5 heteroatoms. The van der Waals surface area contributed by atoms with Crippen molar-refractivity contribution in [2.24, 2.45) is 0 Å². The minimum atomic E-state index is -0.0231. The quantitative estimate of drug-likeness (QED) is 0.735. The maximum absolute atomic E-state index is 12.0. The van der Waals surface area contributed by atoms with Gasteiger partial charge in [-0.15, -0.1) is 0 Å². The molecule has 1 unspecified atom stereocenters. The first-order valence-corrected chi connectivity index (χ1v) is 6.55. The highest BCUT2D eigenvalue weighted by atomic mass is 16.3. The van der Waals surface area contributed by atoms with Crippen molar-refractivity contribution in [2.75, 3.05) is 6.61 Å². The van der Waals surface area contributed by atoms with Crippen LogP contribution in [0.3, 0.4) is 0 Å². The zero-order chi connectivity index (χ0) is 13.7. The predicted molar refractivity (Wildman–Crippen MR) is 73.7 cm³/mol. The molecular weight excluding hydrogens is 242 g/mol. The first kappa shape index (κ1) is 13.5. The van der Waals surface area contributed by atoms with E-state index in [2.05, 4.69) is 15.3 Å². The third-order valence-electron chi connectivity index (χ3n) is 3.22. The Balaban J connectivity index is 2.02. The molecule has 2 rings (SSSR count). The molecule has 2 heterocycles. The molecule has 5 nitrogen and oxygen atoms in total. The Morgan fingerprint density at radius 2 is 2.42 bits per heavy atom. The number of hydrogen-bond acceptors (Lipinski definition) is 3. The molecule has 0 aliphatic carbocycles. The number of nitrogens with one attached hydrogen (secondary N) is 2. The van der Waals surface area contributed by atoms with Crippen LogP contribution in [0.2, 0.25) is 0 Å². The van der Waals surface area contributed by atoms with Crippen molar-refractivity contribution in [3.63, 3.8) is 0 Å².